The first-order chi connectivity index (χ1) is 9.79. The molecule has 0 radical (unpaired) electrons. The second-order valence-electron chi connectivity index (χ2n) is 4.48. The van der Waals surface area contributed by atoms with E-state index in [-0.39, 0.29) is 16.6 Å². The van der Waals surface area contributed by atoms with Gasteiger partial charge in [-0.1, -0.05) is 0 Å². The van der Waals surface area contributed by atoms with E-state index in [1.165, 1.54) is 23.5 Å². The molecule has 2 heterocycles. The third kappa shape index (κ3) is 3.66. The van der Waals surface area contributed by atoms with E-state index in [4.69, 9.17) is 5.11 Å². The minimum absolute atomic E-state index is 0.0594. The maximum Gasteiger partial charge on any atom is 0.337 e. The molecule has 2 N–H and O–H groups in total. The van der Waals surface area contributed by atoms with Crippen LogP contribution in [0.5, 0.6) is 0 Å². The van der Waals surface area contributed by atoms with Gasteiger partial charge in [-0.05, 0) is 38.1 Å². The summed E-state index contributed by atoms with van der Waals surface area (Å²) in [4.78, 5) is 16.4. The van der Waals surface area contributed by atoms with Gasteiger partial charge in [0.25, 0.3) is 10.0 Å². The third-order valence-electron chi connectivity index (χ3n) is 2.78. The van der Waals surface area contributed by atoms with Crippen molar-refractivity contribution in [3.05, 3.63) is 45.8 Å². The molecule has 0 aromatic carbocycles. The number of hydrogen-bond acceptors (Lipinski definition) is 5. The Bertz CT molecular complexity index is 751. The van der Waals surface area contributed by atoms with Gasteiger partial charge in [-0.2, -0.15) is 0 Å². The molecule has 0 aliphatic carbocycles. The van der Waals surface area contributed by atoms with Crippen LogP contribution in [-0.4, -0.2) is 24.5 Å². The molecular formula is C13H14N2O4S2. The van der Waals surface area contributed by atoms with Gasteiger partial charge in [-0.25, -0.2) is 22.9 Å². The Balaban J connectivity index is 2.19. The molecule has 2 rings (SSSR count). The number of carboxylic acids is 1. The average molecular weight is 326 g/mol. The number of aromatic carboxylic acids is 1. The van der Waals surface area contributed by atoms with Gasteiger partial charge < -0.3 is 5.11 Å². The minimum atomic E-state index is -3.79. The van der Waals surface area contributed by atoms with Crippen LogP contribution in [0, 0.1) is 6.92 Å². The standard InChI is InChI=1S/C13H14N2O4S2/c1-8-3-5-11(20-8)9(2)15-21(18,19)12-6-4-10(7-14-12)13(16)17/h3-7,9,15H,1-2H3,(H,16,17). The van der Waals surface area contributed by atoms with Crippen LogP contribution in [0.1, 0.15) is 33.1 Å². The number of pyridine rings is 1. The van der Waals surface area contributed by atoms with E-state index in [1.54, 1.807) is 6.92 Å². The normalized spacial score (nSPS) is 13.0. The van der Waals surface area contributed by atoms with Crippen molar-refractivity contribution in [1.29, 1.82) is 0 Å². The van der Waals surface area contributed by atoms with E-state index in [9.17, 15) is 13.2 Å². The Morgan fingerprint density at radius 1 is 1.33 bits per heavy atom. The number of rotatable bonds is 5. The van der Waals surface area contributed by atoms with Crippen LogP contribution in [0.4, 0.5) is 0 Å². The van der Waals surface area contributed by atoms with E-state index in [1.807, 2.05) is 19.1 Å². The lowest BCUT2D eigenvalue weighted by Gasteiger charge is -2.12. The van der Waals surface area contributed by atoms with E-state index >= 15 is 0 Å². The molecule has 112 valence electrons. The molecule has 0 spiro atoms. The molecule has 6 nitrogen and oxygen atoms in total. The van der Waals surface area contributed by atoms with E-state index in [0.717, 1.165) is 16.0 Å². The van der Waals surface area contributed by atoms with Gasteiger partial charge in [0.1, 0.15) is 0 Å². The Labute approximate surface area is 126 Å². The molecule has 0 fully saturated rings. The molecule has 0 amide bonds. The largest absolute Gasteiger partial charge is 0.478 e. The number of hydrogen-bond donors (Lipinski definition) is 2. The minimum Gasteiger partial charge on any atom is -0.478 e. The Morgan fingerprint density at radius 3 is 2.52 bits per heavy atom. The van der Waals surface area contributed by atoms with Crippen LogP contribution in [-0.2, 0) is 10.0 Å². The van der Waals surface area contributed by atoms with Gasteiger partial charge in [-0.15, -0.1) is 11.3 Å². The second-order valence-corrected chi connectivity index (χ2v) is 7.46. The maximum atomic E-state index is 12.2. The van der Waals surface area contributed by atoms with Crippen LogP contribution in [0.15, 0.2) is 35.5 Å². The third-order valence-corrected chi connectivity index (χ3v) is 5.42. The summed E-state index contributed by atoms with van der Waals surface area (Å²) in [5.41, 5.74) is -0.0594. The number of carbonyl (C=O) groups is 1. The van der Waals surface area contributed by atoms with Crippen molar-refractivity contribution in [3.63, 3.8) is 0 Å². The smallest absolute Gasteiger partial charge is 0.337 e. The molecule has 8 heteroatoms. The van der Waals surface area contributed by atoms with E-state index < -0.39 is 16.0 Å². The Hall–Kier alpha value is -1.77. The fourth-order valence-electron chi connectivity index (χ4n) is 1.70. The number of aromatic nitrogens is 1. The SMILES string of the molecule is Cc1ccc(C(C)NS(=O)(=O)c2ccc(C(=O)O)cn2)s1. The van der Waals surface area contributed by atoms with Crippen molar-refractivity contribution in [2.75, 3.05) is 0 Å². The summed E-state index contributed by atoms with van der Waals surface area (Å²) in [6.45, 7) is 3.69. The fourth-order valence-corrected chi connectivity index (χ4v) is 3.81. The lowest BCUT2D eigenvalue weighted by Crippen LogP contribution is -2.27. The molecule has 1 unspecified atom stereocenters. The van der Waals surface area contributed by atoms with Crippen molar-refractivity contribution in [1.82, 2.24) is 9.71 Å². The van der Waals surface area contributed by atoms with Crippen molar-refractivity contribution >= 4 is 27.3 Å². The van der Waals surface area contributed by atoms with Gasteiger partial charge in [0.05, 0.1) is 11.6 Å². The van der Waals surface area contributed by atoms with Crippen LogP contribution in [0.2, 0.25) is 0 Å². The summed E-state index contributed by atoms with van der Waals surface area (Å²) >= 11 is 1.51. The summed E-state index contributed by atoms with van der Waals surface area (Å²) in [6, 6.07) is 5.80. The van der Waals surface area contributed by atoms with Crippen LogP contribution >= 0.6 is 11.3 Å². The number of aryl methyl sites for hydroxylation is 1. The first kappa shape index (κ1) is 15.6. The molecule has 0 saturated heterocycles. The molecule has 2 aromatic heterocycles. The zero-order valence-corrected chi connectivity index (χ0v) is 13.0. The highest BCUT2D eigenvalue weighted by molar-refractivity contribution is 7.89. The molecule has 1 atom stereocenters. The molecular weight excluding hydrogens is 312 g/mol. The number of nitrogens with zero attached hydrogens (tertiary/aromatic N) is 1. The van der Waals surface area contributed by atoms with Crippen molar-refractivity contribution in [2.45, 2.75) is 24.9 Å². The topological polar surface area (TPSA) is 96.4 Å². The monoisotopic (exact) mass is 326 g/mol. The zero-order valence-electron chi connectivity index (χ0n) is 11.4. The van der Waals surface area contributed by atoms with Gasteiger partial charge >= 0.3 is 5.97 Å². The lowest BCUT2D eigenvalue weighted by molar-refractivity contribution is 0.0696. The summed E-state index contributed by atoms with van der Waals surface area (Å²) in [5.74, 6) is -1.15. The fraction of sp³-hybridized carbons (Fsp3) is 0.231. The highest BCUT2D eigenvalue weighted by Gasteiger charge is 2.21. The number of thiophene rings is 1. The summed E-state index contributed by atoms with van der Waals surface area (Å²) < 4.78 is 26.9. The van der Waals surface area contributed by atoms with Gasteiger partial charge in [0, 0.05) is 16.0 Å². The Kier molecular flexibility index (Phi) is 4.40. The van der Waals surface area contributed by atoms with Crippen LogP contribution < -0.4 is 4.72 Å². The van der Waals surface area contributed by atoms with Gasteiger partial charge in [-0.3, -0.25) is 0 Å². The maximum absolute atomic E-state index is 12.2. The summed E-state index contributed by atoms with van der Waals surface area (Å²) in [5, 5.41) is 8.57. The highest BCUT2D eigenvalue weighted by Crippen LogP contribution is 2.23. The Morgan fingerprint density at radius 2 is 2.05 bits per heavy atom. The lowest BCUT2D eigenvalue weighted by atomic mass is 10.3. The number of sulfonamides is 1. The first-order valence-corrected chi connectivity index (χ1v) is 8.37. The van der Waals surface area contributed by atoms with Gasteiger partial charge in [0.15, 0.2) is 5.03 Å². The van der Waals surface area contributed by atoms with Crippen molar-refractivity contribution < 1.29 is 18.3 Å². The molecule has 0 aliphatic heterocycles. The number of nitrogens with one attached hydrogen (secondary N) is 1. The predicted molar refractivity (Wildman–Crippen MR) is 79.0 cm³/mol. The first-order valence-electron chi connectivity index (χ1n) is 6.07. The highest BCUT2D eigenvalue weighted by atomic mass is 32.2. The average Bonchev–Trinajstić information content (AvgIpc) is 2.85. The molecule has 2 aromatic rings. The molecule has 21 heavy (non-hydrogen) atoms. The zero-order chi connectivity index (χ0) is 15.6. The number of carboxylic acid groups (broad SMARTS) is 1. The van der Waals surface area contributed by atoms with Crippen LogP contribution in [0.3, 0.4) is 0 Å². The molecule has 0 bridgehead atoms. The second kappa shape index (κ2) is 5.92. The quantitative estimate of drug-likeness (QED) is 0.878. The molecule has 0 saturated carbocycles. The predicted octanol–water partition coefficient (Wildman–Crippen LogP) is 2.19. The van der Waals surface area contributed by atoms with E-state index in [0.29, 0.717) is 0 Å². The van der Waals surface area contributed by atoms with Crippen LogP contribution in [0.25, 0.3) is 0 Å². The van der Waals surface area contributed by atoms with Crippen molar-refractivity contribution in [2.24, 2.45) is 0 Å². The van der Waals surface area contributed by atoms with E-state index in [2.05, 4.69) is 9.71 Å². The summed E-state index contributed by atoms with van der Waals surface area (Å²) in [7, 11) is -3.79. The molecule has 0 aliphatic rings. The van der Waals surface area contributed by atoms with Gasteiger partial charge in [0.2, 0.25) is 0 Å². The van der Waals surface area contributed by atoms with Crippen molar-refractivity contribution in [3.8, 4) is 0 Å². The summed E-state index contributed by atoms with van der Waals surface area (Å²) in [6.07, 6.45) is 1.02.